The molecule has 0 radical (unpaired) electrons. The molecule has 0 fully saturated rings. The molecule has 1 aromatic carbocycles. The molecule has 0 aliphatic carbocycles. The Kier molecular flexibility index (Phi) is 4.83. The van der Waals surface area contributed by atoms with Gasteiger partial charge in [0.05, 0.1) is 11.4 Å². The Labute approximate surface area is 117 Å². The van der Waals surface area contributed by atoms with E-state index in [9.17, 15) is 8.42 Å². The van der Waals surface area contributed by atoms with E-state index in [1.165, 1.54) is 0 Å². The molecule has 7 nitrogen and oxygen atoms in total. The molecule has 0 aliphatic heterocycles. The fourth-order valence-electron chi connectivity index (χ4n) is 1.57. The minimum Gasteiger partial charge on any atom is -0.343 e. The van der Waals surface area contributed by atoms with Gasteiger partial charge >= 0.3 is 0 Å². The molecule has 2 N–H and O–H groups in total. The zero-order valence-electron chi connectivity index (χ0n) is 11.0. The number of sulfonamides is 1. The van der Waals surface area contributed by atoms with E-state index in [4.69, 9.17) is 0 Å². The van der Waals surface area contributed by atoms with Gasteiger partial charge in [0.25, 0.3) is 0 Å². The van der Waals surface area contributed by atoms with Crippen LogP contribution in [-0.2, 0) is 23.1 Å². The summed E-state index contributed by atoms with van der Waals surface area (Å²) in [6, 6.07) is 6.72. The molecule has 1 aromatic heterocycles. The van der Waals surface area contributed by atoms with Crippen molar-refractivity contribution in [2.45, 2.75) is 24.9 Å². The number of aromatic nitrogens is 2. The molecule has 0 saturated heterocycles. The highest BCUT2D eigenvalue weighted by atomic mass is 32.2. The van der Waals surface area contributed by atoms with Crippen molar-refractivity contribution in [2.75, 3.05) is 6.54 Å². The summed E-state index contributed by atoms with van der Waals surface area (Å²) in [6.07, 6.45) is 1.15. The highest BCUT2D eigenvalue weighted by Crippen LogP contribution is 2.10. The van der Waals surface area contributed by atoms with Gasteiger partial charge < -0.3 is 9.84 Å². The zero-order chi connectivity index (χ0) is 14.4. The van der Waals surface area contributed by atoms with Gasteiger partial charge in [-0.05, 0) is 24.2 Å². The van der Waals surface area contributed by atoms with Gasteiger partial charge in [0, 0.05) is 6.54 Å². The summed E-state index contributed by atoms with van der Waals surface area (Å²) < 4.78 is 31.0. The second kappa shape index (κ2) is 6.60. The second-order valence-corrected chi connectivity index (χ2v) is 5.86. The molecule has 0 bridgehead atoms. The Balaban J connectivity index is 2.01. The quantitative estimate of drug-likeness (QED) is 0.779. The first-order valence-electron chi connectivity index (χ1n) is 6.16. The van der Waals surface area contributed by atoms with Gasteiger partial charge in [0.2, 0.25) is 16.4 Å². The summed E-state index contributed by atoms with van der Waals surface area (Å²) in [5.74, 6) is 0.289. The first-order chi connectivity index (χ1) is 9.62. The zero-order valence-corrected chi connectivity index (χ0v) is 11.9. The molecular weight excluding hydrogens is 280 g/mol. The smallest absolute Gasteiger partial charge is 0.240 e. The van der Waals surface area contributed by atoms with Crippen LogP contribution < -0.4 is 10.0 Å². The van der Waals surface area contributed by atoms with Crippen LogP contribution in [0.25, 0.3) is 0 Å². The van der Waals surface area contributed by atoms with Crippen LogP contribution in [0, 0.1) is 0 Å². The van der Waals surface area contributed by atoms with E-state index in [1.54, 1.807) is 24.3 Å². The number of nitrogens with zero attached hydrogens (tertiary/aromatic N) is 2. The molecule has 2 rings (SSSR count). The number of nitrogens with one attached hydrogen (secondary N) is 2. The van der Waals surface area contributed by atoms with Crippen molar-refractivity contribution in [1.29, 1.82) is 0 Å². The standard InChI is InChI=1S/C12H16N4O3S/c1-2-13-7-10-3-5-11(6-4-10)20(17,18)15-8-12-14-9-19-16-12/h3-6,9,13,15H,2,7-8H2,1H3. The summed E-state index contributed by atoms with van der Waals surface area (Å²) in [4.78, 5) is 3.96. The average Bonchev–Trinajstić information content (AvgIpc) is 2.97. The lowest BCUT2D eigenvalue weighted by Crippen LogP contribution is -2.23. The molecule has 0 amide bonds. The molecule has 0 saturated carbocycles. The van der Waals surface area contributed by atoms with Gasteiger partial charge in [-0.2, -0.15) is 4.98 Å². The maximum absolute atomic E-state index is 12.0. The monoisotopic (exact) mass is 296 g/mol. The summed E-state index contributed by atoms with van der Waals surface area (Å²) in [5, 5.41) is 6.71. The number of hydrogen-bond donors (Lipinski definition) is 2. The van der Waals surface area contributed by atoms with Gasteiger partial charge in [0.1, 0.15) is 0 Å². The Morgan fingerprint density at radius 1 is 1.20 bits per heavy atom. The Morgan fingerprint density at radius 2 is 1.95 bits per heavy atom. The second-order valence-electron chi connectivity index (χ2n) is 4.10. The van der Waals surface area contributed by atoms with Crippen LogP contribution in [0.4, 0.5) is 0 Å². The van der Waals surface area contributed by atoms with Crippen LogP contribution >= 0.6 is 0 Å². The SMILES string of the molecule is CCNCc1ccc(S(=O)(=O)NCc2ncon2)cc1. The summed E-state index contributed by atoms with van der Waals surface area (Å²) in [6.45, 7) is 3.60. The highest BCUT2D eigenvalue weighted by Gasteiger charge is 2.14. The van der Waals surface area contributed by atoms with Crippen LogP contribution in [0.1, 0.15) is 18.3 Å². The van der Waals surface area contributed by atoms with E-state index in [-0.39, 0.29) is 17.3 Å². The van der Waals surface area contributed by atoms with Crippen LogP contribution in [0.3, 0.4) is 0 Å². The molecule has 2 aromatic rings. The lowest BCUT2D eigenvalue weighted by Gasteiger charge is -2.06. The number of benzene rings is 1. The third kappa shape index (κ3) is 3.86. The van der Waals surface area contributed by atoms with Crippen LogP contribution in [-0.4, -0.2) is 25.1 Å². The minimum atomic E-state index is -3.57. The largest absolute Gasteiger partial charge is 0.343 e. The molecule has 0 atom stereocenters. The summed E-state index contributed by atoms with van der Waals surface area (Å²) in [5.41, 5.74) is 1.03. The van der Waals surface area contributed by atoms with E-state index in [0.29, 0.717) is 6.54 Å². The molecular formula is C12H16N4O3S. The lowest BCUT2D eigenvalue weighted by atomic mass is 10.2. The van der Waals surface area contributed by atoms with Crippen molar-refractivity contribution in [3.05, 3.63) is 42.0 Å². The first kappa shape index (κ1) is 14.6. The summed E-state index contributed by atoms with van der Waals surface area (Å²) >= 11 is 0. The highest BCUT2D eigenvalue weighted by molar-refractivity contribution is 7.89. The van der Waals surface area contributed by atoms with Crippen molar-refractivity contribution >= 4 is 10.0 Å². The first-order valence-corrected chi connectivity index (χ1v) is 7.64. The van der Waals surface area contributed by atoms with Crippen molar-refractivity contribution in [1.82, 2.24) is 20.2 Å². The van der Waals surface area contributed by atoms with Gasteiger partial charge in [-0.3, -0.25) is 0 Å². The molecule has 8 heteroatoms. The van der Waals surface area contributed by atoms with Crippen LogP contribution in [0.2, 0.25) is 0 Å². The number of rotatable bonds is 7. The van der Waals surface area contributed by atoms with E-state index in [0.717, 1.165) is 18.5 Å². The number of hydrogen-bond acceptors (Lipinski definition) is 6. The van der Waals surface area contributed by atoms with Gasteiger partial charge in [-0.15, -0.1) is 0 Å². The Bertz CT molecular complexity index is 623. The third-order valence-electron chi connectivity index (χ3n) is 2.64. The maximum atomic E-state index is 12.0. The topological polar surface area (TPSA) is 97.1 Å². The van der Waals surface area contributed by atoms with E-state index < -0.39 is 10.0 Å². The predicted molar refractivity (Wildman–Crippen MR) is 72.1 cm³/mol. The van der Waals surface area contributed by atoms with Gasteiger partial charge in [0.15, 0.2) is 5.82 Å². The lowest BCUT2D eigenvalue weighted by molar-refractivity contribution is 0.409. The van der Waals surface area contributed by atoms with Gasteiger partial charge in [-0.1, -0.05) is 24.2 Å². The van der Waals surface area contributed by atoms with Gasteiger partial charge in [-0.25, -0.2) is 13.1 Å². The van der Waals surface area contributed by atoms with E-state index in [1.807, 2.05) is 6.92 Å². The van der Waals surface area contributed by atoms with E-state index >= 15 is 0 Å². The molecule has 108 valence electrons. The van der Waals surface area contributed by atoms with Crippen molar-refractivity contribution < 1.29 is 12.9 Å². The van der Waals surface area contributed by atoms with Crippen molar-refractivity contribution in [3.8, 4) is 0 Å². The predicted octanol–water partition coefficient (Wildman–Crippen LogP) is 0.658. The Hall–Kier alpha value is -1.77. The third-order valence-corrected chi connectivity index (χ3v) is 4.06. The van der Waals surface area contributed by atoms with Crippen molar-refractivity contribution in [3.63, 3.8) is 0 Å². The molecule has 20 heavy (non-hydrogen) atoms. The molecule has 0 spiro atoms. The van der Waals surface area contributed by atoms with Crippen LogP contribution in [0.15, 0.2) is 40.1 Å². The minimum absolute atomic E-state index is 0.00201. The van der Waals surface area contributed by atoms with Crippen molar-refractivity contribution in [2.24, 2.45) is 0 Å². The normalized spacial score (nSPS) is 11.7. The Morgan fingerprint density at radius 3 is 2.55 bits per heavy atom. The molecule has 0 unspecified atom stereocenters. The summed E-state index contributed by atoms with van der Waals surface area (Å²) in [7, 11) is -3.57. The fourth-order valence-corrected chi connectivity index (χ4v) is 2.55. The molecule has 0 aliphatic rings. The van der Waals surface area contributed by atoms with Crippen LogP contribution in [0.5, 0.6) is 0 Å². The maximum Gasteiger partial charge on any atom is 0.240 e. The average molecular weight is 296 g/mol. The molecule has 1 heterocycles. The fraction of sp³-hybridized carbons (Fsp3) is 0.333. The van der Waals surface area contributed by atoms with E-state index in [2.05, 4.69) is 24.7 Å².